The summed E-state index contributed by atoms with van der Waals surface area (Å²) in [6.07, 6.45) is 5.42. The first-order valence-corrected chi connectivity index (χ1v) is 11.2. The van der Waals surface area contributed by atoms with E-state index in [1.807, 2.05) is 11.8 Å². The van der Waals surface area contributed by atoms with E-state index in [0.29, 0.717) is 30.3 Å². The number of rotatable bonds is 5. The Morgan fingerprint density at radius 2 is 2.12 bits per heavy atom. The van der Waals surface area contributed by atoms with Gasteiger partial charge in [0.15, 0.2) is 0 Å². The molecule has 2 aliphatic heterocycles. The van der Waals surface area contributed by atoms with Crippen molar-refractivity contribution >= 4 is 17.6 Å². The Bertz CT molecular complexity index is 1200. The van der Waals surface area contributed by atoms with E-state index in [4.69, 9.17) is 9.97 Å². The van der Waals surface area contributed by atoms with Crippen molar-refractivity contribution in [3.63, 3.8) is 0 Å². The van der Waals surface area contributed by atoms with E-state index in [1.54, 1.807) is 40.2 Å². The number of amides is 2. The van der Waals surface area contributed by atoms with Gasteiger partial charge in [0.2, 0.25) is 11.8 Å². The number of fused-ring (bicyclic) bond motifs is 1. The number of hydrogen-bond acceptors (Lipinski definition) is 5. The second-order valence-corrected chi connectivity index (χ2v) is 8.64. The Kier molecular flexibility index (Phi) is 5.62. The molecule has 1 aromatic carbocycles. The quantitative estimate of drug-likeness (QED) is 0.599. The predicted octanol–water partition coefficient (Wildman–Crippen LogP) is 2.62. The third-order valence-corrected chi connectivity index (χ3v) is 6.32. The number of aromatic nitrogens is 4. The standard InChI is InChI=1S/C24H25FN6O2/c1-16-20-12-21(32)31(13-17-5-2-7-19(25)11-17)24(20)28-23(27-16)18-6-3-9-29(14-18)22(33)15-30-10-4-8-26-30/h2,4-5,7-8,10-11,18H,3,6,9,12-15H2,1H3. The van der Waals surface area contributed by atoms with Crippen molar-refractivity contribution in [3.05, 3.63) is 71.2 Å². The SMILES string of the molecule is Cc1nc(C2CCCN(C(=O)Cn3cccn3)C2)nc2c1CC(=O)N2Cc1cccc(F)c1. The van der Waals surface area contributed by atoms with Gasteiger partial charge in [-0.15, -0.1) is 0 Å². The summed E-state index contributed by atoms with van der Waals surface area (Å²) in [5, 5.41) is 4.12. The van der Waals surface area contributed by atoms with Gasteiger partial charge in [0, 0.05) is 42.7 Å². The Morgan fingerprint density at radius 3 is 2.91 bits per heavy atom. The third kappa shape index (κ3) is 4.35. The molecule has 0 aliphatic carbocycles. The summed E-state index contributed by atoms with van der Waals surface area (Å²) in [6, 6.07) is 8.05. The molecule has 170 valence electrons. The largest absolute Gasteiger partial charge is 0.340 e. The van der Waals surface area contributed by atoms with Crippen LogP contribution in [-0.2, 0) is 29.1 Å². The molecule has 0 N–H and O–H groups in total. The minimum Gasteiger partial charge on any atom is -0.340 e. The molecule has 0 radical (unpaired) electrons. The lowest BCUT2D eigenvalue weighted by Crippen LogP contribution is -2.41. The molecule has 1 unspecified atom stereocenters. The summed E-state index contributed by atoms with van der Waals surface area (Å²) < 4.78 is 15.3. The van der Waals surface area contributed by atoms with E-state index in [2.05, 4.69) is 5.10 Å². The van der Waals surface area contributed by atoms with Gasteiger partial charge in [-0.05, 0) is 43.5 Å². The number of likely N-dealkylation sites (tertiary alicyclic amines) is 1. The van der Waals surface area contributed by atoms with Crippen LogP contribution in [0.5, 0.6) is 0 Å². The maximum absolute atomic E-state index is 13.7. The van der Waals surface area contributed by atoms with Crippen molar-refractivity contribution in [1.82, 2.24) is 24.6 Å². The van der Waals surface area contributed by atoms with Crippen molar-refractivity contribution in [2.75, 3.05) is 18.0 Å². The van der Waals surface area contributed by atoms with Gasteiger partial charge in [0.1, 0.15) is 24.0 Å². The second kappa shape index (κ2) is 8.73. The Morgan fingerprint density at radius 1 is 1.24 bits per heavy atom. The van der Waals surface area contributed by atoms with Crippen molar-refractivity contribution in [3.8, 4) is 0 Å². The van der Waals surface area contributed by atoms with Crippen LogP contribution < -0.4 is 4.90 Å². The minimum atomic E-state index is -0.332. The van der Waals surface area contributed by atoms with Crippen LogP contribution in [0.1, 0.15) is 41.4 Å². The van der Waals surface area contributed by atoms with Crippen LogP contribution in [0.25, 0.3) is 0 Å². The normalized spacial score (nSPS) is 18.0. The van der Waals surface area contributed by atoms with E-state index in [-0.39, 0.29) is 43.1 Å². The van der Waals surface area contributed by atoms with Crippen LogP contribution in [0.15, 0.2) is 42.7 Å². The molecule has 2 aromatic heterocycles. The average molecular weight is 449 g/mol. The van der Waals surface area contributed by atoms with Crippen LogP contribution in [0, 0.1) is 12.7 Å². The Labute approximate surface area is 191 Å². The fraction of sp³-hybridized carbons (Fsp3) is 0.375. The van der Waals surface area contributed by atoms with Gasteiger partial charge in [-0.1, -0.05) is 12.1 Å². The van der Waals surface area contributed by atoms with Crippen LogP contribution >= 0.6 is 0 Å². The van der Waals surface area contributed by atoms with Crippen molar-refractivity contribution in [2.45, 2.75) is 45.2 Å². The lowest BCUT2D eigenvalue weighted by molar-refractivity contribution is -0.133. The van der Waals surface area contributed by atoms with Gasteiger partial charge >= 0.3 is 0 Å². The molecule has 0 saturated carbocycles. The Balaban J connectivity index is 1.37. The number of carbonyl (C=O) groups is 2. The maximum Gasteiger partial charge on any atom is 0.244 e. The number of benzene rings is 1. The molecule has 1 fully saturated rings. The van der Waals surface area contributed by atoms with Crippen molar-refractivity contribution in [2.24, 2.45) is 0 Å². The fourth-order valence-electron chi connectivity index (χ4n) is 4.61. The molecule has 0 bridgehead atoms. The van der Waals surface area contributed by atoms with Gasteiger partial charge in [0.05, 0.1) is 13.0 Å². The molecule has 1 saturated heterocycles. The molecule has 2 aliphatic rings. The molecular weight excluding hydrogens is 423 g/mol. The summed E-state index contributed by atoms with van der Waals surface area (Å²) in [7, 11) is 0. The van der Waals surface area contributed by atoms with Gasteiger partial charge in [-0.2, -0.15) is 5.10 Å². The number of piperidine rings is 1. The molecule has 4 heterocycles. The molecule has 1 atom stereocenters. The lowest BCUT2D eigenvalue weighted by atomic mass is 9.96. The lowest BCUT2D eigenvalue weighted by Gasteiger charge is -2.32. The van der Waals surface area contributed by atoms with Gasteiger partial charge in [-0.3, -0.25) is 19.2 Å². The zero-order chi connectivity index (χ0) is 22.9. The fourth-order valence-corrected chi connectivity index (χ4v) is 4.61. The first kappa shape index (κ1) is 21.2. The van der Waals surface area contributed by atoms with Crippen molar-refractivity contribution in [1.29, 1.82) is 0 Å². The molecule has 2 amide bonds. The third-order valence-electron chi connectivity index (χ3n) is 6.32. The molecule has 0 spiro atoms. The number of halogens is 1. The summed E-state index contributed by atoms with van der Waals surface area (Å²) >= 11 is 0. The summed E-state index contributed by atoms with van der Waals surface area (Å²) in [5.41, 5.74) is 2.31. The summed E-state index contributed by atoms with van der Waals surface area (Å²) in [6.45, 7) is 3.60. The summed E-state index contributed by atoms with van der Waals surface area (Å²) in [4.78, 5) is 38.5. The summed E-state index contributed by atoms with van der Waals surface area (Å²) in [5.74, 6) is 0.873. The first-order chi connectivity index (χ1) is 16.0. The van der Waals surface area contributed by atoms with E-state index < -0.39 is 0 Å². The Hall–Kier alpha value is -3.62. The van der Waals surface area contributed by atoms with Gasteiger partial charge < -0.3 is 4.90 Å². The van der Waals surface area contributed by atoms with Crippen LogP contribution in [0.4, 0.5) is 10.2 Å². The average Bonchev–Trinajstić information content (AvgIpc) is 3.42. The highest BCUT2D eigenvalue weighted by Gasteiger charge is 2.34. The molecular formula is C24H25FN6O2. The zero-order valence-corrected chi connectivity index (χ0v) is 18.4. The van der Waals surface area contributed by atoms with E-state index in [9.17, 15) is 14.0 Å². The topological polar surface area (TPSA) is 84.2 Å². The number of hydrogen-bond donors (Lipinski definition) is 0. The van der Waals surface area contributed by atoms with E-state index >= 15 is 0 Å². The van der Waals surface area contributed by atoms with Crippen molar-refractivity contribution < 1.29 is 14.0 Å². The highest BCUT2D eigenvalue weighted by molar-refractivity contribution is 6.00. The molecule has 9 heteroatoms. The smallest absolute Gasteiger partial charge is 0.244 e. The molecule has 33 heavy (non-hydrogen) atoms. The number of anilines is 1. The molecule has 8 nitrogen and oxygen atoms in total. The zero-order valence-electron chi connectivity index (χ0n) is 18.4. The highest BCUT2D eigenvalue weighted by Crippen LogP contribution is 2.33. The van der Waals surface area contributed by atoms with Gasteiger partial charge in [0.25, 0.3) is 0 Å². The first-order valence-electron chi connectivity index (χ1n) is 11.2. The second-order valence-electron chi connectivity index (χ2n) is 8.64. The minimum absolute atomic E-state index is 0.00366. The number of nitrogens with zero attached hydrogens (tertiary/aromatic N) is 6. The number of carbonyl (C=O) groups excluding carboxylic acids is 2. The van der Waals surface area contributed by atoms with Gasteiger partial charge in [-0.25, -0.2) is 14.4 Å². The van der Waals surface area contributed by atoms with E-state index in [1.165, 1.54) is 12.1 Å². The molecule has 3 aromatic rings. The molecule has 5 rings (SSSR count). The van der Waals surface area contributed by atoms with Crippen LogP contribution in [-0.4, -0.2) is 49.6 Å². The monoisotopic (exact) mass is 448 g/mol. The number of aryl methyl sites for hydroxylation is 1. The highest BCUT2D eigenvalue weighted by atomic mass is 19.1. The maximum atomic E-state index is 13.7. The van der Waals surface area contributed by atoms with E-state index in [0.717, 1.165) is 24.1 Å². The predicted molar refractivity (Wildman–Crippen MR) is 119 cm³/mol. The van der Waals surface area contributed by atoms with Crippen LogP contribution in [0.2, 0.25) is 0 Å². The van der Waals surface area contributed by atoms with Crippen LogP contribution in [0.3, 0.4) is 0 Å².